The Labute approximate surface area is 173 Å². The van der Waals surface area contributed by atoms with E-state index in [0.717, 1.165) is 48.1 Å². The molecule has 146 valence electrons. The summed E-state index contributed by atoms with van der Waals surface area (Å²) in [5.41, 5.74) is 1.70. The fourth-order valence-corrected chi connectivity index (χ4v) is 4.02. The highest BCUT2D eigenvalue weighted by Crippen LogP contribution is 2.33. The van der Waals surface area contributed by atoms with Crippen molar-refractivity contribution in [1.29, 1.82) is 0 Å². The van der Waals surface area contributed by atoms with Crippen molar-refractivity contribution in [3.05, 3.63) is 58.8 Å². The van der Waals surface area contributed by atoms with Crippen molar-refractivity contribution in [2.45, 2.75) is 32.2 Å². The molecule has 28 heavy (non-hydrogen) atoms. The Balaban J connectivity index is 1.55. The molecule has 0 radical (unpaired) electrons. The maximum atomic E-state index is 13.5. The monoisotopic (exact) mass is 441 g/mol. The molecule has 1 aromatic carbocycles. The highest BCUT2D eigenvalue weighted by Gasteiger charge is 2.37. The molecule has 0 spiro atoms. The number of carbonyl (C=O) groups excluding carboxylic acids is 2. The van der Waals surface area contributed by atoms with Crippen LogP contribution < -0.4 is 4.90 Å². The summed E-state index contributed by atoms with van der Waals surface area (Å²) in [5, 5.41) is 0. The molecule has 0 N–H and O–H groups in total. The summed E-state index contributed by atoms with van der Waals surface area (Å²) in [6.45, 7) is 1.73. The Kier molecular flexibility index (Phi) is 5.76. The van der Waals surface area contributed by atoms with Crippen LogP contribution in [-0.2, 0) is 16.1 Å². The Bertz CT molecular complexity index is 837. The van der Waals surface area contributed by atoms with Gasteiger partial charge in [0.05, 0.1) is 18.2 Å². The first-order valence-electron chi connectivity index (χ1n) is 9.87. The standard InChI is InChI=1S/C22H24BrN3O2/c23-18-8-10-20(11-9-18)26(15-19-5-1-2-12-24-19)22(28)17-4-3-13-25(14-17)21(27)16-6-7-16/h1-2,5,8-12,16-17H,3-4,6-7,13-15H2. The second-order valence-corrected chi connectivity index (χ2v) is 8.54. The average Bonchev–Trinajstić information content (AvgIpc) is 3.58. The topological polar surface area (TPSA) is 53.5 Å². The Morgan fingerprint density at radius 3 is 2.54 bits per heavy atom. The van der Waals surface area contributed by atoms with E-state index in [-0.39, 0.29) is 23.7 Å². The Hall–Kier alpha value is -2.21. The number of anilines is 1. The molecule has 5 nitrogen and oxygen atoms in total. The summed E-state index contributed by atoms with van der Waals surface area (Å²) >= 11 is 3.46. The zero-order chi connectivity index (χ0) is 19.5. The lowest BCUT2D eigenvalue weighted by Gasteiger charge is -2.35. The molecule has 1 saturated carbocycles. The first-order valence-corrected chi connectivity index (χ1v) is 10.7. The van der Waals surface area contributed by atoms with E-state index in [2.05, 4.69) is 20.9 Å². The van der Waals surface area contributed by atoms with Gasteiger partial charge in [-0.1, -0.05) is 22.0 Å². The SMILES string of the molecule is O=C(C1CC1)N1CCCC(C(=O)N(Cc2ccccn2)c2ccc(Br)cc2)C1. The van der Waals surface area contributed by atoms with E-state index in [1.54, 1.807) is 6.20 Å². The molecule has 6 heteroatoms. The average molecular weight is 442 g/mol. The number of carbonyl (C=O) groups is 2. The van der Waals surface area contributed by atoms with Crippen molar-refractivity contribution in [3.63, 3.8) is 0 Å². The van der Waals surface area contributed by atoms with Crippen molar-refractivity contribution in [3.8, 4) is 0 Å². The number of nitrogens with zero attached hydrogens (tertiary/aromatic N) is 3. The summed E-state index contributed by atoms with van der Waals surface area (Å²) in [6.07, 6.45) is 5.45. The summed E-state index contributed by atoms with van der Waals surface area (Å²) in [6, 6.07) is 13.5. The third-order valence-corrected chi connectivity index (χ3v) is 5.99. The van der Waals surface area contributed by atoms with Crippen LogP contribution in [0.25, 0.3) is 0 Å². The van der Waals surface area contributed by atoms with Crippen LogP contribution in [0.2, 0.25) is 0 Å². The lowest BCUT2D eigenvalue weighted by Crippen LogP contribution is -2.47. The maximum Gasteiger partial charge on any atom is 0.232 e. The minimum absolute atomic E-state index is 0.0706. The number of likely N-dealkylation sites (tertiary alicyclic amines) is 1. The minimum Gasteiger partial charge on any atom is -0.342 e. The van der Waals surface area contributed by atoms with E-state index >= 15 is 0 Å². The molecular formula is C22H24BrN3O2. The van der Waals surface area contributed by atoms with Crippen molar-refractivity contribution < 1.29 is 9.59 Å². The van der Waals surface area contributed by atoms with E-state index in [0.29, 0.717) is 13.1 Å². The Morgan fingerprint density at radius 1 is 1.07 bits per heavy atom. The van der Waals surface area contributed by atoms with Gasteiger partial charge in [0.2, 0.25) is 11.8 Å². The fourth-order valence-electron chi connectivity index (χ4n) is 3.76. The molecular weight excluding hydrogens is 418 g/mol. The fraction of sp³-hybridized carbons (Fsp3) is 0.409. The number of benzene rings is 1. The van der Waals surface area contributed by atoms with Crippen LogP contribution >= 0.6 is 15.9 Å². The number of hydrogen-bond donors (Lipinski definition) is 0. The number of aromatic nitrogens is 1. The number of amides is 2. The van der Waals surface area contributed by atoms with Crippen LogP contribution in [0.15, 0.2) is 53.1 Å². The van der Waals surface area contributed by atoms with Crippen molar-refractivity contribution in [2.24, 2.45) is 11.8 Å². The number of rotatable bonds is 5. The van der Waals surface area contributed by atoms with Crippen LogP contribution in [0.1, 0.15) is 31.4 Å². The van der Waals surface area contributed by atoms with Gasteiger partial charge in [0, 0.05) is 35.4 Å². The second-order valence-electron chi connectivity index (χ2n) is 7.62. The molecule has 2 fully saturated rings. The number of hydrogen-bond acceptors (Lipinski definition) is 3. The van der Waals surface area contributed by atoms with Crippen LogP contribution in [-0.4, -0.2) is 34.8 Å². The molecule has 0 bridgehead atoms. The lowest BCUT2D eigenvalue weighted by atomic mass is 9.95. The van der Waals surface area contributed by atoms with Crippen molar-refractivity contribution in [2.75, 3.05) is 18.0 Å². The first-order chi connectivity index (χ1) is 13.6. The zero-order valence-corrected chi connectivity index (χ0v) is 17.3. The quantitative estimate of drug-likeness (QED) is 0.703. The third-order valence-electron chi connectivity index (χ3n) is 5.46. The number of halogens is 1. The van der Waals surface area contributed by atoms with E-state index in [4.69, 9.17) is 0 Å². The molecule has 1 aliphatic heterocycles. The van der Waals surface area contributed by atoms with Crippen molar-refractivity contribution in [1.82, 2.24) is 9.88 Å². The Morgan fingerprint density at radius 2 is 1.86 bits per heavy atom. The molecule has 2 aromatic rings. The molecule has 1 saturated heterocycles. The summed E-state index contributed by atoms with van der Waals surface area (Å²) < 4.78 is 0.973. The predicted molar refractivity (Wildman–Crippen MR) is 112 cm³/mol. The largest absolute Gasteiger partial charge is 0.342 e. The molecule has 2 amide bonds. The van der Waals surface area contributed by atoms with Crippen LogP contribution in [0.5, 0.6) is 0 Å². The first kappa shape index (κ1) is 19.1. The number of pyridine rings is 1. The molecule has 2 aliphatic rings. The minimum atomic E-state index is -0.163. The van der Waals surface area contributed by atoms with Gasteiger partial charge in [-0.15, -0.1) is 0 Å². The van der Waals surface area contributed by atoms with Gasteiger partial charge in [-0.25, -0.2) is 0 Å². The maximum absolute atomic E-state index is 13.5. The van der Waals surface area contributed by atoms with E-state index in [1.165, 1.54) is 0 Å². The summed E-state index contributed by atoms with van der Waals surface area (Å²) in [5.74, 6) is 0.340. The molecule has 4 rings (SSSR count). The van der Waals surface area contributed by atoms with Crippen LogP contribution in [0.4, 0.5) is 5.69 Å². The van der Waals surface area contributed by atoms with Gasteiger partial charge in [-0.2, -0.15) is 0 Å². The summed E-state index contributed by atoms with van der Waals surface area (Å²) in [7, 11) is 0. The van der Waals surface area contributed by atoms with Gasteiger partial charge in [0.25, 0.3) is 0 Å². The predicted octanol–water partition coefficient (Wildman–Crippen LogP) is 4.03. The van der Waals surface area contributed by atoms with E-state index in [1.807, 2.05) is 52.3 Å². The van der Waals surface area contributed by atoms with E-state index in [9.17, 15) is 9.59 Å². The van der Waals surface area contributed by atoms with Crippen LogP contribution in [0, 0.1) is 11.8 Å². The smallest absolute Gasteiger partial charge is 0.232 e. The molecule has 1 unspecified atom stereocenters. The van der Waals surface area contributed by atoms with Gasteiger partial charge >= 0.3 is 0 Å². The number of piperidine rings is 1. The van der Waals surface area contributed by atoms with Gasteiger partial charge in [-0.3, -0.25) is 14.6 Å². The highest BCUT2D eigenvalue weighted by molar-refractivity contribution is 9.10. The molecule has 1 aromatic heterocycles. The van der Waals surface area contributed by atoms with Crippen molar-refractivity contribution >= 4 is 33.4 Å². The summed E-state index contributed by atoms with van der Waals surface area (Å²) in [4.78, 5) is 34.1. The lowest BCUT2D eigenvalue weighted by molar-refractivity contribution is -0.136. The highest BCUT2D eigenvalue weighted by atomic mass is 79.9. The normalized spacial score (nSPS) is 19.3. The van der Waals surface area contributed by atoms with Gasteiger partial charge in [-0.05, 0) is 62.1 Å². The second kappa shape index (κ2) is 8.43. The molecule has 2 heterocycles. The van der Waals surface area contributed by atoms with Crippen LogP contribution in [0.3, 0.4) is 0 Å². The van der Waals surface area contributed by atoms with Gasteiger partial charge in [0.15, 0.2) is 0 Å². The van der Waals surface area contributed by atoms with E-state index < -0.39 is 0 Å². The third kappa shape index (κ3) is 4.43. The zero-order valence-electron chi connectivity index (χ0n) is 15.8. The molecule has 1 aliphatic carbocycles. The van der Waals surface area contributed by atoms with Gasteiger partial charge in [0.1, 0.15) is 0 Å². The van der Waals surface area contributed by atoms with Gasteiger partial charge < -0.3 is 9.80 Å². The molecule has 1 atom stereocenters.